The van der Waals surface area contributed by atoms with E-state index in [2.05, 4.69) is 0 Å². The van der Waals surface area contributed by atoms with Crippen molar-refractivity contribution in [2.24, 2.45) is 11.1 Å². The van der Waals surface area contributed by atoms with Crippen LogP contribution in [0.2, 0.25) is 0 Å². The highest BCUT2D eigenvalue weighted by atomic mass is 16.6. The number of Topliss-reactive ketones (excluding diaryl/α,β-unsaturated/α-hetero) is 1. The molecular weight excluding hydrogens is 324 g/mol. The number of benzene rings is 1. The highest BCUT2D eigenvalue weighted by molar-refractivity contribution is 5.99. The fraction of sp³-hybridized carbons (Fsp3) is 0.389. The Hall–Kier alpha value is -2.83. The van der Waals surface area contributed by atoms with Crippen molar-refractivity contribution < 1.29 is 19.2 Å². The summed E-state index contributed by atoms with van der Waals surface area (Å²) in [5, 5.41) is 11.6. The number of nitrogens with two attached hydrogens (primary N) is 1. The molecular formula is C18H20N2O5. The van der Waals surface area contributed by atoms with Gasteiger partial charge in [-0.1, -0.05) is 26.0 Å². The molecule has 1 aliphatic heterocycles. The first-order valence-corrected chi connectivity index (χ1v) is 7.95. The molecule has 0 unspecified atom stereocenters. The number of nitrogens with zero attached hydrogens (tertiary/aromatic N) is 1. The lowest BCUT2D eigenvalue weighted by Crippen LogP contribution is -2.35. The maximum atomic E-state index is 12.8. The summed E-state index contributed by atoms with van der Waals surface area (Å²) < 4.78 is 10.7. The predicted molar refractivity (Wildman–Crippen MR) is 90.1 cm³/mol. The average molecular weight is 344 g/mol. The quantitative estimate of drug-likeness (QED) is 0.668. The van der Waals surface area contributed by atoms with E-state index >= 15 is 0 Å². The summed E-state index contributed by atoms with van der Waals surface area (Å²) in [4.78, 5) is 23.9. The van der Waals surface area contributed by atoms with Crippen LogP contribution in [0.25, 0.3) is 0 Å². The van der Waals surface area contributed by atoms with E-state index in [-0.39, 0.29) is 22.8 Å². The summed E-state index contributed by atoms with van der Waals surface area (Å²) in [6.07, 6.45) is 0.806. The molecule has 0 amide bonds. The molecule has 1 atom stereocenters. The fourth-order valence-electron chi connectivity index (χ4n) is 3.50. The van der Waals surface area contributed by atoms with Gasteiger partial charge in [0.1, 0.15) is 17.4 Å². The van der Waals surface area contributed by atoms with Crippen LogP contribution in [0, 0.1) is 15.5 Å². The second kappa shape index (κ2) is 5.91. The molecule has 25 heavy (non-hydrogen) atoms. The van der Waals surface area contributed by atoms with E-state index < -0.39 is 10.8 Å². The SMILES string of the molecule is COc1cccc([C@@H]2C3=C(CC(C)(C)CC3=O)OC(N)=C2[N+](=O)[O-])c1. The van der Waals surface area contributed by atoms with Gasteiger partial charge in [-0.3, -0.25) is 14.9 Å². The van der Waals surface area contributed by atoms with Crippen molar-refractivity contribution >= 4 is 5.78 Å². The molecule has 7 nitrogen and oxygen atoms in total. The van der Waals surface area contributed by atoms with Crippen LogP contribution < -0.4 is 10.5 Å². The van der Waals surface area contributed by atoms with Crippen molar-refractivity contribution in [1.82, 2.24) is 0 Å². The van der Waals surface area contributed by atoms with Gasteiger partial charge in [-0.2, -0.15) is 0 Å². The van der Waals surface area contributed by atoms with Gasteiger partial charge in [0.25, 0.3) is 5.88 Å². The van der Waals surface area contributed by atoms with Crippen LogP contribution in [0.15, 0.2) is 47.2 Å². The summed E-state index contributed by atoms with van der Waals surface area (Å²) in [6, 6.07) is 6.88. The Morgan fingerprint density at radius 3 is 2.72 bits per heavy atom. The first-order valence-electron chi connectivity index (χ1n) is 7.95. The minimum atomic E-state index is -0.863. The molecule has 1 aliphatic carbocycles. The van der Waals surface area contributed by atoms with Crippen LogP contribution in [0.4, 0.5) is 0 Å². The number of hydrogen-bond donors (Lipinski definition) is 1. The molecule has 0 radical (unpaired) electrons. The zero-order valence-electron chi connectivity index (χ0n) is 14.4. The maximum Gasteiger partial charge on any atom is 0.317 e. The number of ketones is 1. The van der Waals surface area contributed by atoms with Gasteiger partial charge in [0.05, 0.1) is 17.6 Å². The van der Waals surface area contributed by atoms with Gasteiger partial charge in [0.2, 0.25) is 0 Å². The van der Waals surface area contributed by atoms with Crippen molar-refractivity contribution in [3.8, 4) is 5.75 Å². The predicted octanol–water partition coefficient (Wildman–Crippen LogP) is 2.86. The first-order chi connectivity index (χ1) is 11.7. The Kier molecular flexibility index (Phi) is 4.02. The van der Waals surface area contributed by atoms with Gasteiger partial charge >= 0.3 is 5.70 Å². The smallest absolute Gasteiger partial charge is 0.317 e. The maximum absolute atomic E-state index is 12.8. The van der Waals surface area contributed by atoms with Gasteiger partial charge in [-0.05, 0) is 23.1 Å². The van der Waals surface area contributed by atoms with Gasteiger partial charge in [-0.25, -0.2) is 0 Å². The molecule has 1 aromatic rings. The van der Waals surface area contributed by atoms with E-state index in [9.17, 15) is 14.9 Å². The fourth-order valence-corrected chi connectivity index (χ4v) is 3.50. The lowest BCUT2D eigenvalue weighted by atomic mass is 9.71. The molecule has 0 saturated carbocycles. The number of allylic oxidation sites excluding steroid dienone is 2. The number of carbonyl (C=O) groups excluding carboxylic acids is 1. The molecule has 1 heterocycles. The van der Waals surface area contributed by atoms with Crippen LogP contribution in [0.1, 0.15) is 38.2 Å². The molecule has 3 rings (SSSR count). The van der Waals surface area contributed by atoms with Gasteiger partial charge in [-0.15, -0.1) is 0 Å². The summed E-state index contributed by atoms with van der Waals surface area (Å²) in [6.45, 7) is 3.92. The van der Waals surface area contributed by atoms with E-state index in [0.29, 0.717) is 35.5 Å². The Morgan fingerprint density at radius 2 is 2.08 bits per heavy atom. The number of carbonyl (C=O) groups is 1. The lowest BCUT2D eigenvalue weighted by Gasteiger charge is -2.36. The molecule has 2 aliphatic rings. The summed E-state index contributed by atoms with van der Waals surface area (Å²) in [5.41, 5.74) is 6.18. The summed E-state index contributed by atoms with van der Waals surface area (Å²) >= 11 is 0. The van der Waals surface area contributed by atoms with Crippen LogP contribution >= 0.6 is 0 Å². The highest BCUT2D eigenvalue weighted by Gasteiger charge is 2.47. The second-order valence-electron chi connectivity index (χ2n) is 7.10. The first kappa shape index (κ1) is 17.0. The van der Waals surface area contributed by atoms with E-state index in [0.717, 1.165) is 0 Å². The van der Waals surface area contributed by atoms with Crippen LogP contribution in [0.3, 0.4) is 0 Å². The van der Waals surface area contributed by atoms with Crippen LogP contribution in [0.5, 0.6) is 5.75 Å². The van der Waals surface area contributed by atoms with Gasteiger partial charge in [0, 0.05) is 12.8 Å². The molecule has 0 spiro atoms. The van der Waals surface area contributed by atoms with E-state index in [1.807, 2.05) is 13.8 Å². The number of nitro groups is 1. The summed E-state index contributed by atoms with van der Waals surface area (Å²) in [7, 11) is 1.51. The largest absolute Gasteiger partial charge is 0.497 e. The highest BCUT2D eigenvalue weighted by Crippen LogP contribution is 2.48. The minimum absolute atomic E-state index is 0.147. The standard InChI is InChI=1S/C18H20N2O5/c1-18(2)8-12(21)15-13(9-18)25-17(19)16(20(22)23)14(15)10-5-4-6-11(7-10)24-3/h4-7,14H,8-9,19H2,1-3H3/t14-/m1/s1. The number of rotatable bonds is 3. The third-order valence-electron chi connectivity index (χ3n) is 4.55. The lowest BCUT2D eigenvalue weighted by molar-refractivity contribution is -0.433. The molecule has 132 valence electrons. The molecule has 0 bridgehead atoms. The third kappa shape index (κ3) is 2.97. The zero-order valence-corrected chi connectivity index (χ0v) is 14.4. The van der Waals surface area contributed by atoms with Crippen LogP contribution in [-0.2, 0) is 9.53 Å². The molecule has 2 N–H and O–H groups in total. The third-order valence-corrected chi connectivity index (χ3v) is 4.55. The van der Waals surface area contributed by atoms with Crippen molar-refractivity contribution in [1.29, 1.82) is 0 Å². The second-order valence-corrected chi connectivity index (χ2v) is 7.10. The Balaban J connectivity index is 2.20. The van der Waals surface area contributed by atoms with Crippen LogP contribution in [-0.4, -0.2) is 17.8 Å². The number of hydrogen-bond acceptors (Lipinski definition) is 6. The molecule has 1 aromatic carbocycles. The summed E-state index contributed by atoms with van der Waals surface area (Å²) in [5.74, 6) is -0.293. The monoisotopic (exact) mass is 344 g/mol. The Bertz CT molecular complexity index is 823. The topological polar surface area (TPSA) is 105 Å². The number of ether oxygens (including phenoxy) is 2. The average Bonchev–Trinajstić information content (AvgIpc) is 2.51. The number of methoxy groups -OCH3 is 1. The van der Waals surface area contributed by atoms with Crippen molar-refractivity contribution in [3.63, 3.8) is 0 Å². The minimum Gasteiger partial charge on any atom is -0.497 e. The zero-order chi connectivity index (χ0) is 18.4. The van der Waals surface area contributed by atoms with E-state index in [1.165, 1.54) is 7.11 Å². The molecule has 7 heteroatoms. The molecule has 0 fully saturated rings. The van der Waals surface area contributed by atoms with E-state index in [1.54, 1.807) is 24.3 Å². The molecule has 0 aromatic heterocycles. The molecule has 0 saturated heterocycles. The normalized spacial score (nSPS) is 22.4. The van der Waals surface area contributed by atoms with Crippen molar-refractivity contribution in [2.45, 2.75) is 32.6 Å². The van der Waals surface area contributed by atoms with Crippen molar-refractivity contribution in [2.75, 3.05) is 7.11 Å². The Labute approximate surface area is 145 Å². The van der Waals surface area contributed by atoms with Crippen molar-refractivity contribution in [3.05, 3.63) is 62.9 Å². The van der Waals surface area contributed by atoms with Gasteiger partial charge in [0.15, 0.2) is 5.78 Å². The van der Waals surface area contributed by atoms with Gasteiger partial charge < -0.3 is 15.2 Å². The Morgan fingerprint density at radius 1 is 1.36 bits per heavy atom. The van der Waals surface area contributed by atoms with E-state index in [4.69, 9.17) is 15.2 Å².